The van der Waals surface area contributed by atoms with Gasteiger partial charge in [0.05, 0.1) is 22.9 Å². The molecule has 0 aliphatic rings. The maximum atomic E-state index is 13.1. The molecule has 8 nitrogen and oxygen atoms in total. The van der Waals surface area contributed by atoms with E-state index in [4.69, 9.17) is 11.5 Å². The Morgan fingerprint density at radius 1 is 1.15 bits per heavy atom. The van der Waals surface area contributed by atoms with E-state index in [-0.39, 0.29) is 11.4 Å². The van der Waals surface area contributed by atoms with E-state index in [1.165, 1.54) is 10.2 Å². The summed E-state index contributed by atoms with van der Waals surface area (Å²) in [4.78, 5) is 8.86. The average molecular weight is 384 g/mol. The van der Waals surface area contributed by atoms with Crippen molar-refractivity contribution in [1.82, 2.24) is 18.5 Å². The van der Waals surface area contributed by atoms with Crippen LogP contribution in [0, 0.1) is 6.92 Å². The van der Waals surface area contributed by atoms with Crippen LogP contribution in [0.5, 0.6) is 0 Å². The molecular formula is C18H20N6O2S. The normalized spacial score (nSPS) is 14.7. The highest BCUT2D eigenvalue weighted by Crippen LogP contribution is 2.28. The van der Waals surface area contributed by atoms with Crippen LogP contribution in [0.4, 0.5) is 0 Å². The Labute approximate surface area is 156 Å². The number of hydrogen-bond donors (Lipinski definition) is 2. The van der Waals surface area contributed by atoms with Gasteiger partial charge in [-0.05, 0) is 32.0 Å². The molecule has 0 saturated carbocycles. The number of aryl methyl sites for hydroxylation is 1. The van der Waals surface area contributed by atoms with Crippen LogP contribution in [-0.2, 0) is 15.7 Å². The van der Waals surface area contributed by atoms with Gasteiger partial charge in [0.2, 0.25) is 0 Å². The van der Waals surface area contributed by atoms with E-state index in [0.717, 1.165) is 5.56 Å². The lowest BCUT2D eigenvalue weighted by Gasteiger charge is -2.25. The Hall–Kier alpha value is -2.75. The first kappa shape index (κ1) is 17.7. The van der Waals surface area contributed by atoms with Crippen molar-refractivity contribution in [3.8, 4) is 0 Å². The van der Waals surface area contributed by atoms with Crippen LogP contribution in [-0.4, -0.2) is 33.5 Å². The molecule has 1 aromatic carbocycles. The summed E-state index contributed by atoms with van der Waals surface area (Å²) >= 11 is 0. The van der Waals surface area contributed by atoms with Crippen LogP contribution in [0.1, 0.15) is 12.5 Å². The minimum absolute atomic E-state index is 0.199. The Balaban J connectivity index is 1.98. The molecule has 9 heteroatoms. The molecule has 4 N–H and O–H groups in total. The van der Waals surface area contributed by atoms with Gasteiger partial charge in [-0.2, -0.15) is 0 Å². The van der Waals surface area contributed by atoms with Crippen molar-refractivity contribution < 1.29 is 8.42 Å². The predicted molar refractivity (Wildman–Crippen MR) is 104 cm³/mol. The fourth-order valence-corrected chi connectivity index (χ4v) is 4.37. The van der Waals surface area contributed by atoms with Crippen LogP contribution < -0.4 is 11.5 Å². The minimum atomic E-state index is -3.78. The standard InChI is InChI=1S/C18H20N6O2S/c1-12-3-5-13(6-4-12)27(25,26)24-8-7-14-16-15(9-21-17(14)24)22-11-23(16)18(2,20)10-19/h3-9,11H,10,19-20H2,1-2H3. The summed E-state index contributed by atoms with van der Waals surface area (Å²) in [6.45, 7) is 3.90. The summed E-state index contributed by atoms with van der Waals surface area (Å²) in [5, 5.41) is 0.644. The molecular weight excluding hydrogens is 364 g/mol. The molecule has 27 heavy (non-hydrogen) atoms. The first-order valence-corrected chi connectivity index (χ1v) is 9.84. The first-order chi connectivity index (χ1) is 12.8. The maximum absolute atomic E-state index is 13.1. The summed E-state index contributed by atoms with van der Waals surface area (Å²) in [5.74, 6) is 0. The van der Waals surface area contributed by atoms with Crippen molar-refractivity contribution in [2.45, 2.75) is 24.4 Å². The molecule has 0 bridgehead atoms. The summed E-state index contributed by atoms with van der Waals surface area (Å²) in [6.07, 6.45) is 4.65. The summed E-state index contributed by atoms with van der Waals surface area (Å²) < 4.78 is 29.1. The number of fused-ring (bicyclic) bond motifs is 3. The number of pyridine rings is 1. The number of aromatic nitrogens is 4. The molecule has 0 aliphatic carbocycles. The Morgan fingerprint density at radius 2 is 1.85 bits per heavy atom. The maximum Gasteiger partial charge on any atom is 0.269 e. The van der Waals surface area contributed by atoms with Gasteiger partial charge in [-0.25, -0.2) is 22.4 Å². The van der Waals surface area contributed by atoms with Crippen molar-refractivity contribution in [3.63, 3.8) is 0 Å². The summed E-state index contributed by atoms with van der Waals surface area (Å²) in [5.41, 5.74) is 13.9. The number of benzene rings is 1. The molecule has 0 amide bonds. The van der Waals surface area contributed by atoms with E-state index < -0.39 is 15.7 Å². The third-order valence-corrected chi connectivity index (χ3v) is 6.41. The van der Waals surface area contributed by atoms with Crippen LogP contribution >= 0.6 is 0 Å². The second-order valence-electron chi connectivity index (χ2n) is 6.83. The van der Waals surface area contributed by atoms with Gasteiger partial charge in [0.25, 0.3) is 10.0 Å². The molecule has 4 rings (SSSR count). The lowest BCUT2D eigenvalue weighted by atomic mass is 10.2. The molecule has 140 valence electrons. The molecule has 1 atom stereocenters. The van der Waals surface area contributed by atoms with Crippen LogP contribution in [0.15, 0.2) is 53.9 Å². The van der Waals surface area contributed by atoms with E-state index in [1.54, 1.807) is 54.3 Å². The number of hydrogen-bond acceptors (Lipinski definition) is 6. The topological polar surface area (TPSA) is 122 Å². The highest BCUT2D eigenvalue weighted by atomic mass is 32.2. The monoisotopic (exact) mass is 384 g/mol. The molecule has 3 heterocycles. The van der Waals surface area contributed by atoms with E-state index in [9.17, 15) is 8.42 Å². The number of rotatable bonds is 4. The summed E-state index contributed by atoms with van der Waals surface area (Å²) in [6, 6.07) is 8.41. The molecule has 1 unspecified atom stereocenters. The van der Waals surface area contributed by atoms with Crippen molar-refractivity contribution in [2.24, 2.45) is 11.5 Å². The van der Waals surface area contributed by atoms with Gasteiger partial charge in [-0.15, -0.1) is 0 Å². The second-order valence-corrected chi connectivity index (χ2v) is 8.65. The SMILES string of the molecule is Cc1ccc(S(=O)(=O)n2ccc3c4c(cnc32)ncn4C(C)(N)CN)cc1. The van der Waals surface area contributed by atoms with E-state index in [1.807, 2.05) is 6.92 Å². The second kappa shape index (κ2) is 5.88. The number of nitrogens with two attached hydrogens (primary N) is 2. The van der Waals surface area contributed by atoms with E-state index in [2.05, 4.69) is 9.97 Å². The van der Waals surface area contributed by atoms with Gasteiger partial charge in [-0.3, -0.25) is 0 Å². The van der Waals surface area contributed by atoms with Crippen LogP contribution in [0.3, 0.4) is 0 Å². The van der Waals surface area contributed by atoms with Gasteiger partial charge in [-0.1, -0.05) is 17.7 Å². The zero-order valence-corrected chi connectivity index (χ0v) is 15.8. The lowest BCUT2D eigenvalue weighted by molar-refractivity contribution is 0.353. The Morgan fingerprint density at radius 3 is 2.52 bits per heavy atom. The number of imidazole rings is 1. The van der Waals surface area contributed by atoms with Gasteiger partial charge >= 0.3 is 0 Å². The quantitative estimate of drug-likeness (QED) is 0.550. The van der Waals surface area contributed by atoms with Gasteiger partial charge in [0.15, 0.2) is 5.65 Å². The van der Waals surface area contributed by atoms with Crippen molar-refractivity contribution >= 4 is 32.1 Å². The van der Waals surface area contributed by atoms with Crippen LogP contribution in [0.2, 0.25) is 0 Å². The zero-order chi connectivity index (χ0) is 19.4. The van der Waals surface area contributed by atoms with E-state index in [0.29, 0.717) is 22.1 Å². The van der Waals surface area contributed by atoms with Gasteiger partial charge in [0, 0.05) is 18.1 Å². The van der Waals surface area contributed by atoms with Crippen molar-refractivity contribution in [3.05, 3.63) is 54.6 Å². The highest BCUT2D eigenvalue weighted by molar-refractivity contribution is 7.90. The molecule has 0 aliphatic heterocycles. The van der Waals surface area contributed by atoms with Crippen molar-refractivity contribution in [2.75, 3.05) is 6.54 Å². The lowest BCUT2D eigenvalue weighted by Crippen LogP contribution is -2.46. The molecule has 0 spiro atoms. The average Bonchev–Trinajstić information content (AvgIpc) is 3.26. The first-order valence-electron chi connectivity index (χ1n) is 8.40. The highest BCUT2D eigenvalue weighted by Gasteiger charge is 2.25. The molecule has 4 aromatic rings. The fraction of sp³-hybridized carbons (Fsp3) is 0.222. The van der Waals surface area contributed by atoms with Gasteiger partial charge in [0.1, 0.15) is 11.2 Å². The largest absolute Gasteiger partial charge is 0.327 e. The molecule has 3 aromatic heterocycles. The zero-order valence-electron chi connectivity index (χ0n) is 15.0. The van der Waals surface area contributed by atoms with Crippen molar-refractivity contribution in [1.29, 1.82) is 0 Å². The third kappa shape index (κ3) is 2.62. The Bertz CT molecular complexity index is 1250. The minimum Gasteiger partial charge on any atom is -0.327 e. The third-order valence-electron chi connectivity index (χ3n) is 4.73. The predicted octanol–water partition coefficient (Wildman–Crippen LogP) is 1.52. The summed E-state index contributed by atoms with van der Waals surface area (Å²) in [7, 11) is -3.78. The molecule has 0 radical (unpaired) electrons. The number of nitrogens with zero attached hydrogens (tertiary/aromatic N) is 4. The van der Waals surface area contributed by atoms with E-state index >= 15 is 0 Å². The smallest absolute Gasteiger partial charge is 0.269 e. The molecule has 0 saturated heterocycles. The fourth-order valence-electron chi connectivity index (χ4n) is 3.07. The van der Waals surface area contributed by atoms with Crippen LogP contribution in [0.25, 0.3) is 22.1 Å². The Kier molecular flexibility index (Phi) is 3.84. The van der Waals surface area contributed by atoms with Gasteiger partial charge < -0.3 is 16.0 Å². The molecule has 0 fully saturated rings.